The normalized spacial score (nSPS) is 19.0. The van der Waals surface area contributed by atoms with E-state index in [-0.39, 0.29) is 24.9 Å². The molecule has 0 aliphatic carbocycles. The SMILES string of the molecule is COC(=O)c1cc(CNC(=O)C2CCCN(S(C)(=O)=O)C2)oc1C. The highest BCUT2D eigenvalue weighted by Gasteiger charge is 2.30. The van der Waals surface area contributed by atoms with Gasteiger partial charge in [-0.25, -0.2) is 17.5 Å². The van der Waals surface area contributed by atoms with E-state index in [0.29, 0.717) is 36.5 Å². The van der Waals surface area contributed by atoms with Crippen LogP contribution in [0, 0.1) is 12.8 Å². The number of nitrogens with one attached hydrogen (secondary N) is 1. The zero-order chi connectivity index (χ0) is 17.9. The number of aryl methyl sites for hydroxylation is 1. The minimum atomic E-state index is -3.29. The third-order valence-electron chi connectivity index (χ3n) is 4.03. The van der Waals surface area contributed by atoms with E-state index in [1.165, 1.54) is 17.5 Å². The summed E-state index contributed by atoms with van der Waals surface area (Å²) in [6, 6.07) is 1.53. The number of furan rings is 1. The first-order chi connectivity index (χ1) is 11.2. The average molecular weight is 358 g/mol. The second-order valence-corrected chi connectivity index (χ2v) is 7.83. The molecule has 0 saturated carbocycles. The van der Waals surface area contributed by atoms with Gasteiger partial charge in [0.2, 0.25) is 15.9 Å². The van der Waals surface area contributed by atoms with Crippen molar-refractivity contribution in [2.24, 2.45) is 5.92 Å². The summed E-state index contributed by atoms with van der Waals surface area (Å²) in [5.41, 5.74) is 0.322. The van der Waals surface area contributed by atoms with Gasteiger partial charge in [-0.15, -0.1) is 0 Å². The van der Waals surface area contributed by atoms with Crippen LogP contribution in [-0.2, 0) is 26.1 Å². The van der Waals surface area contributed by atoms with E-state index < -0.39 is 16.0 Å². The minimum Gasteiger partial charge on any atom is -0.465 e. The Hall–Kier alpha value is -1.87. The maximum Gasteiger partial charge on any atom is 0.341 e. The molecule has 2 rings (SSSR count). The molecule has 0 radical (unpaired) electrons. The number of carbonyl (C=O) groups is 2. The van der Waals surface area contributed by atoms with Crippen LogP contribution >= 0.6 is 0 Å². The Kier molecular flexibility index (Phi) is 5.66. The first kappa shape index (κ1) is 18.5. The molecule has 0 aromatic carbocycles. The molecule has 1 N–H and O–H groups in total. The van der Waals surface area contributed by atoms with Crippen LogP contribution in [0.25, 0.3) is 0 Å². The van der Waals surface area contributed by atoms with Gasteiger partial charge in [-0.2, -0.15) is 0 Å². The Bertz CT molecular complexity index is 724. The number of amides is 1. The number of nitrogens with zero attached hydrogens (tertiary/aromatic N) is 1. The minimum absolute atomic E-state index is 0.131. The molecule has 1 amide bonds. The molecule has 1 unspecified atom stereocenters. The molecule has 1 aliphatic rings. The largest absolute Gasteiger partial charge is 0.465 e. The summed E-state index contributed by atoms with van der Waals surface area (Å²) in [6.07, 6.45) is 2.44. The number of sulfonamides is 1. The topological polar surface area (TPSA) is 106 Å². The van der Waals surface area contributed by atoms with Crippen molar-refractivity contribution in [3.05, 3.63) is 23.2 Å². The van der Waals surface area contributed by atoms with Crippen LogP contribution in [0.1, 0.15) is 34.7 Å². The molecule has 1 saturated heterocycles. The highest BCUT2D eigenvalue weighted by atomic mass is 32.2. The molecule has 0 bridgehead atoms. The molecule has 134 valence electrons. The van der Waals surface area contributed by atoms with E-state index in [4.69, 9.17) is 4.42 Å². The number of hydrogen-bond acceptors (Lipinski definition) is 6. The quantitative estimate of drug-likeness (QED) is 0.775. The van der Waals surface area contributed by atoms with Gasteiger partial charge in [0.1, 0.15) is 17.1 Å². The fourth-order valence-electron chi connectivity index (χ4n) is 2.72. The molecule has 1 atom stereocenters. The second-order valence-electron chi connectivity index (χ2n) is 5.85. The predicted octanol–water partition coefficient (Wildman–Crippen LogP) is 0.662. The van der Waals surface area contributed by atoms with Crippen LogP contribution in [0.3, 0.4) is 0 Å². The van der Waals surface area contributed by atoms with E-state index in [2.05, 4.69) is 10.1 Å². The van der Waals surface area contributed by atoms with Crippen LogP contribution < -0.4 is 5.32 Å². The number of hydrogen-bond donors (Lipinski definition) is 1. The fraction of sp³-hybridized carbons (Fsp3) is 0.600. The lowest BCUT2D eigenvalue weighted by Crippen LogP contribution is -2.44. The van der Waals surface area contributed by atoms with Crippen LogP contribution in [0.4, 0.5) is 0 Å². The molecule has 24 heavy (non-hydrogen) atoms. The number of ether oxygens (including phenoxy) is 1. The van der Waals surface area contributed by atoms with Gasteiger partial charge >= 0.3 is 5.97 Å². The first-order valence-electron chi connectivity index (χ1n) is 7.63. The van der Waals surface area contributed by atoms with E-state index in [1.807, 2.05) is 0 Å². The van der Waals surface area contributed by atoms with Gasteiger partial charge in [-0.3, -0.25) is 4.79 Å². The van der Waals surface area contributed by atoms with Gasteiger partial charge in [0.15, 0.2) is 0 Å². The lowest BCUT2D eigenvalue weighted by Gasteiger charge is -2.30. The van der Waals surface area contributed by atoms with Crippen molar-refractivity contribution in [1.29, 1.82) is 0 Å². The highest BCUT2D eigenvalue weighted by Crippen LogP contribution is 2.20. The lowest BCUT2D eigenvalue weighted by atomic mass is 9.99. The molecule has 1 fully saturated rings. The summed E-state index contributed by atoms with van der Waals surface area (Å²) in [6.45, 7) is 2.41. The maximum absolute atomic E-state index is 12.3. The zero-order valence-electron chi connectivity index (χ0n) is 14.0. The van der Waals surface area contributed by atoms with Crippen molar-refractivity contribution in [2.45, 2.75) is 26.3 Å². The fourth-order valence-corrected chi connectivity index (χ4v) is 3.63. The van der Waals surface area contributed by atoms with Gasteiger partial charge in [-0.1, -0.05) is 0 Å². The Balaban J connectivity index is 1.95. The molecule has 9 heteroatoms. The van der Waals surface area contributed by atoms with E-state index >= 15 is 0 Å². The van der Waals surface area contributed by atoms with E-state index in [1.54, 1.807) is 6.92 Å². The van der Waals surface area contributed by atoms with Crippen molar-refractivity contribution in [2.75, 3.05) is 26.5 Å². The predicted molar refractivity (Wildman–Crippen MR) is 85.8 cm³/mol. The van der Waals surface area contributed by atoms with Gasteiger partial charge < -0.3 is 14.5 Å². The van der Waals surface area contributed by atoms with Gasteiger partial charge in [0.05, 0.1) is 25.8 Å². The van der Waals surface area contributed by atoms with Crippen molar-refractivity contribution in [1.82, 2.24) is 9.62 Å². The molecule has 1 aliphatic heterocycles. The monoisotopic (exact) mass is 358 g/mol. The van der Waals surface area contributed by atoms with Crippen molar-refractivity contribution in [3.8, 4) is 0 Å². The number of esters is 1. The smallest absolute Gasteiger partial charge is 0.341 e. The van der Waals surface area contributed by atoms with Crippen LogP contribution in [-0.4, -0.2) is 51.1 Å². The second kappa shape index (κ2) is 7.35. The summed E-state index contributed by atoms with van der Waals surface area (Å²) in [5, 5.41) is 2.73. The standard InChI is InChI=1S/C15H22N2O6S/c1-10-13(15(19)22-2)7-12(23-10)8-16-14(18)11-5-4-6-17(9-11)24(3,20)21/h7,11H,4-6,8-9H2,1-3H3,(H,16,18). The van der Waals surface area contributed by atoms with Crippen LogP contribution in [0.5, 0.6) is 0 Å². The zero-order valence-corrected chi connectivity index (χ0v) is 14.8. The third-order valence-corrected chi connectivity index (χ3v) is 5.30. The van der Waals surface area contributed by atoms with Crippen molar-refractivity contribution in [3.63, 3.8) is 0 Å². The Labute approximate surface area is 141 Å². The number of piperidine rings is 1. The Morgan fingerprint density at radius 3 is 2.79 bits per heavy atom. The summed E-state index contributed by atoms with van der Waals surface area (Å²) >= 11 is 0. The van der Waals surface area contributed by atoms with E-state index in [0.717, 1.165) is 6.26 Å². The number of rotatable bonds is 5. The van der Waals surface area contributed by atoms with Gasteiger partial charge in [-0.05, 0) is 25.8 Å². The average Bonchev–Trinajstić information content (AvgIpc) is 2.92. The van der Waals surface area contributed by atoms with Gasteiger partial charge in [0, 0.05) is 13.1 Å². The van der Waals surface area contributed by atoms with Gasteiger partial charge in [0.25, 0.3) is 0 Å². The third kappa shape index (κ3) is 4.35. The molecular formula is C15H22N2O6S. The summed E-state index contributed by atoms with van der Waals surface area (Å²) in [7, 11) is -2.01. The van der Waals surface area contributed by atoms with Crippen LogP contribution in [0.2, 0.25) is 0 Å². The summed E-state index contributed by atoms with van der Waals surface area (Å²) in [5.74, 6) is -0.240. The van der Waals surface area contributed by atoms with Crippen LogP contribution in [0.15, 0.2) is 10.5 Å². The Morgan fingerprint density at radius 1 is 1.46 bits per heavy atom. The molecule has 2 heterocycles. The molecule has 0 spiro atoms. The van der Waals surface area contributed by atoms with E-state index in [9.17, 15) is 18.0 Å². The Morgan fingerprint density at radius 2 is 2.17 bits per heavy atom. The maximum atomic E-state index is 12.3. The highest BCUT2D eigenvalue weighted by molar-refractivity contribution is 7.88. The summed E-state index contributed by atoms with van der Waals surface area (Å²) in [4.78, 5) is 23.8. The molecule has 1 aromatic heterocycles. The first-order valence-corrected chi connectivity index (χ1v) is 9.47. The molecule has 1 aromatic rings. The van der Waals surface area contributed by atoms with Crippen molar-refractivity contribution < 1.29 is 27.2 Å². The molecular weight excluding hydrogens is 336 g/mol. The number of carbonyl (C=O) groups excluding carboxylic acids is 2. The lowest BCUT2D eigenvalue weighted by molar-refractivity contribution is -0.126. The summed E-state index contributed by atoms with van der Waals surface area (Å²) < 4.78 is 34.6. The van der Waals surface area contributed by atoms with Crippen molar-refractivity contribution >= 4 is 21.9 Å². The number of methoxy groups -OCH3 is 1. The molecule has 8 nitrogen and oxygen atoms in total.